The Morgan fingerprint density at radius 2 is 0.484 bits per heavy atom. The number of rotatable bonds is 75. The second-order valence-electron chi connectivity index (χ2n) is 28.3. The van der Waals surface area contributed by atoms with E-state index >= 15 is 0 Å². The van der Waals surface area contributed by atoms with Crippen molar-refractivity contribution in [3.05, 3.63) is 0 Å². The molecule has 0 bridgehead atoms. The van der Waals surface area contributed by atoms with Crippen molar-refractivity contribution in [2.24, 2.45) is 11.8 Å². The van der Waals surface area contributed by atoms with Crippen molar-refractivity contribution in [3.63, 3.8) is 0 Å². The Hall–Kier alpha value is -1.94. The molecule has 2 unspecified atom stereocenters. The topological polar surface area (TPSA) is 237 Å². The minimum atomic E-state index is -4.96. The van der Waals surface area contributed by atoms with Crippen LogP contribution < -0.4 is 0 Å². The van der Waals surface area contributed by atoms with E-state index < -0.39 is 97.5 Å². The molecule has 0 aromatic heterocycles. The van der Waals surface area contributed by atoms with Crippen LogP contribution in [-0.2, 0) is 65.4 Å². The smallest absolute Gasteiger partial charge is 0.462 e. The first kappa shape index (κ1) is 93.1. The van der Waals surface area contributed by atoms with Gasteiger partial charge in [-0.15, -0.1) is 0 Å². The molecule has 0 rings (SSSR count). The molecule has 17 nitrogen and oxygen atoms in total. The number of aliphatic hydroxyl groups is 1. The molecule has 95 heavy (non-hydrogen) atoms. The molecule has 0 saturated heterocycles. The molecule has 3 N–H and O–H groups in total. The van der Waals surface area contributed by atoms with E-state index in [9.17, 15) is 43.2 Å². The van der Waals surface area contributed by atoms with Crippen LogP contribution in [0.15, 0.2) is 0 Å². The van der Waals surface area contributed by atoms with E-state index in [-0.39, 0.29) is 25.7 Å². The number of esters is 4. The Bertz CT molecular complexity index is 1840. The zero-order valence-corrected chi connectivity index (χ0v) is 63.8. The predicted molar refractivity (Wildman–Crippen MR) is 386 cm³/mol. The highest BCUT2D eigenvalue weighted by atomic mass is 31.2. The van der Waals surface area contributed by atoms with Crippen LogP contribution in [0.4, 0.5) is 0 Å². The maximum atomic E-state index is 13.1. The van der Waals surface area contributed by atoms with E-state index in [4.69, 9.17) is 37.0 Å². The Balaban J connectivity index is 5.17. The van der Waals surface area contributed by atoms with Crippen molar-refractivity contribution in [3.8, 4) is 0 Å². The highest BCUT2D eigenvalue weighted by Crippen LogP contribution is 2.45. The normalized spacial score (nSPS) is 14.0. The first-order valence-corrected chi connectivity index (χ1v) is 42.5. The second kappa shape index (κ2) is 67.9. The van der Waals surface area contributed by atoms with Gasteiger partial charge in [-0.1, -0.05) is 343 Å². The lowest BCUT2D eigenvalue weighted by Crippen LogP contribution is -2.30. The van der Waals surface area contributed by atoms with E-state index in [1.807, 2.05) is 0 Å². The van der Waals surface area contributed by atoms with Gasteiger partial charge in [0.25, 0.3) is 0 Å². The van der Waals surface area contributed by atoms with E-state index in [1.165, 1.54) is 205 Å². The van der Waals surface area contributed by atoms with Gasteiger partial charge < -0.3 is 33.8 Å². The molecule has 0 aliphatic heterocycles. The van der Waals surface area contributed by atoms with Gasteiger partial charge in [-0.25, -0.2) is 9.13 Å². The monoisotopic (exact) mass is 1400 g/mol. The average molecular weight is 1400 g/mol. The van der Waals surface area contributed by atoms with Crippen molar-refractivity contribution in [1.29, 1.82) is 0 Å². The van der Waals surface area contributed by atoms with Gasteiger partial charge in [-0.05, 0) is 37.5 Å². The van der Waals surface area contributed by atoms with Crippen molar-refractivity contribution >= 4 is 39.5 Å². The third-order valence-corrected chi connectivity index (χ3v) is 19.6. The number of phosphoric acid groups is 2. The quantitative estimate of drug-likeness (QED) is 0.0222. The summed E-state index contributed by atoms with van der Waals surface area (Å²) in [7, 11) is -9.90. The molecule has 0 amide bonds. The molecule has 0 spiro atoms. The van der Waals surface area contributed by atoms with Gasteiger partial charge in [0.15, 0.2) is 12.2 Å². The molecule has 0 radical (unpaired) electrons. The predicted octanol–water partition coefficient (Wildman–Crippen LogP) is 22.3. The van der Waals surface area contributed by atoms with Gasteiger partial charge in [0.1, 0.15) is 19.3 Å². The van der Waals surface area contributed by atoms with E-state index in [0.717, 1.165) is 108 Å². The molecule has 0 aromatic rings. The van der Waals surface area contributed by atoms with E-state index in [0.29, 0.717) is 25.7 Å². The minimum Gasteiger partial charge on any atom is -0.462 e. The summed E-state index contributed by atoms with van der Waals surface area (Å²) in [6.07, 6.45) is 55.6. The summed E-state index contributed by atoms with van der Waals surface area (Å²) in [4.78, 5) is 72.6. The molecule has 0 aliphatic rings. The molecule has 19 heteroatoms. The molecule has 0 saturated carbocycles. The summed E-state index contributed by atoms with van der Waals surface area (Å²) in [6, 6.07) is 0. The van der Waals surface area contributed by atoms with Crippen molar-refractivity contribution < 1.29 is 80.2 Å². The van der Waals surface area contributed by atoms with Crippen LogP contribution in [-0.4, -0.2) is 96.7 Å². The number of carbonyl (C=O) groups excluding carboxylic acids is 4. The zero-order chi connectivity index (χ0) is 70.0. The third kappa shape index (κ3) is 70.3. The molecule has 5 atom stereocenters. The molecule has 0 aromatic carbocycles. The van der Waals surface area contributed by atoms with Crippen molar-refractivity contribution in [1.82, 2.24) is 0 Å². The first-order valence-electron chi connectivity index (χ1n) is 39.5. The van der Waals surface area contributed by atoms with Crippen molar-refractivity contribution in [2.75, 3.05) is 39.6 Å². The number of carbonyl (C=O) groups is 4. The van der Waals surface area contributed by atoms with E-state index in [1.54, 1.807) is 0 Å². The first-order chi connectivity index (χ1) is 45.9. The lowest BCUT2D eigenvalue weighted by atomic mass is 10.0. The third-order valence-electron chi connectivity index (χ3n) is 17.7. The van der Waals surface area contributed by atoms with Crippen LogP contribution in [0, 0.1) is 11.8 Å². The largest absolute Gasteiger partial charge is 0.472 e. The SMILES string of the molecule is CCCCCCCCCCCCC(=O)O[C@H](COC(=O)CCCCCCCCCC)COP(=O)(O)OC[C@H](O)COP(=O)(O)OC[C@@H](COC(=O)CCCCCCCCCCCCCCCC(C)C)OC(=O)CCCCCCCCCCCCCCCCCCCCC(C)C. The number of aliphatic hydroxyl groups excluding tert-OH is 1. The molecular formula is C76H148O17P2. The summed E-state index contributed by atoms with van der Waals surface area (Å²) < 4.78 is 68.4. The molecule has 0 aliphatic carbocycles. The van der Waals surface area contributed by atoms with Gasteiger partial charge >= 0.3 is 39.5 Å². The number of ether oxygens (including phenoxy) is 4. The fraction of sp³-hybridized carbons (Fsp3) is 0.947. The summed E-state index contributed by atoms with van der Waals surface area (Å²) in [5, 5.41) is 10.6. The Morgan fingerprint density at radius 3 is 0.716 bits per heavy atom. The van der Waals surface area contributed by atoms with Gasteiger partial charge in [0, 0.05) is 25.7 Å². The summed E-state index contributed by atoms with van der Waals surface area (Å²) >= 11 is 0. The Labute approximate surface area is 581 Å². The highest BCUT2D eigenvalue weighted by molar-refractivity contribution is 7.47. The number of hydrogen-bond donors (Lipinski definition) is 3. The lowest BCUT2D eigenvalue weighted by Gasteiger charge is -2.21. The van der Waals surface area contributed by atoms with Crippen LogP contribution in [0.3, 0.4) is 0 Å². The summed E-state index contributed by atoms with van der Waals surface area (Å²) in [5.41, 5.74) is 0. The summed E-state index contributed by atoms with van der Waals surface area (Å²) in [5.74, 6) is -0.507. The fourth-order valence-corrected chi connectivity index (χ4v) is 13.2. The fourth-order valence-electron chi connectivity index (χ4n) is 11.7. The molecular weight excluding hydrogens is 1250 g/mol. The molecule has 0 heterocycles. The van der Waals surface area contributed by atoms with Gasteiger partial charge in [-0.3, -0.25) is 37.3 Å². The number of unbranched alkanes of at least 4 members (excludes halogenated alkanes) is 45. The van der Waals surface area contributed by atoms with Crippen LogP contribution >= 0.6 is 15.6 Å². The zero-order valence-electron chi connectivity index (χ0n) is 62.0. The van der Waals surface area contributed by atoms with Gasteiger partial charge in [0.05, 0.1) is 26.4 Å². The number of phosphoric ester groups is 2. The van der Waals surface area contributed by atoms with E-state index in [2.05, 4.69) is 41.5 Å². The van der Waals surface area contributed by atoms with Crippen LogP contribution in [0.25, 0.3) is 0 Å². The Morgan fingerprint density at radius 1 is 0.284 bits per heavy atom. The highest BCUT2D eigenvalue weighted by Gasteiger charge is 2.30. The number of hydrogen-bond acceptors (Lipinski definition) is 15. The lowest BCUT2D eigenvalue weighted by molar-refractivity contribution is -0.161. The van der Waals surface area contributed by atoms with Crippen molar-refractivity contribution in [2.45, 2.75) is 413 Å². The standard InChI is InChI=1S/C76H148O17P2/c1-7-9-11-13-15-17-35-42-48-54-60-75(80)92-71(64-86-73(78)58-52-46-40-16-14-12-10-8-2)66-90-94(82,83)88-62-70(77)63-89-95(84,85)91-67-72(65-87-74(79)59-53-47-41-36-31-28-24-26-30-34-39-45-51-57-69(5)6)93-76(81)61-55-49-43-37-32-27-23-21-19-18-20-22-25-29-33-38-44-50-56-68(3)4/h68-72,77H,7-67H2,1-6H3,(H,82,83)(H,84,85)/t70-,71+,72+/m0/s1. The summed E-state index contributed by atoms with van der Waals surface area (Å²) in [6.45, 7) is 9.61. The maximum Gasteiger partial charge on any atom is 0.472 e. The molecule has 0 fully saturated rings. The Kier molecular flexibility index (Phi) is 66.5. The second-order valence-corrected chi connectivity index (χ2v) is 31.3. The van der Waals surface area contributed by atoms with Crippen LogP contribution in [0.2, 0.25) is 0 Å². The van der Waals surface area contributed by atoms with Gasteiger partial charge in [0.2, 0.25) is 0 Å². The minimum absolute atomic E-state index is 0.106. The maximum absolute atomic E-state index is 13.1. The van der Waals surface area contributed by atoms with Crippen LogP contribution in [0.1, 0.15) is 395 Å². The average Bonchev–Trinajstić information content (AvgIpc) is 2.29. The van der Waals surface area contributed by atoms with Gasteiger partial charge in [-0.2, -0.15) is 0 Å². The van der Waals surface area contributed by atoms with Crippen LogP contribution in [0.5, 0.6) is 0 Å². The molecule has 564 valence electrons.